The highest BCUT2D eigenvalue weighted by Crippen LogP contribution is 2.34. The van der Waals surface area contributed by atoms with Crippen LogP contribution in [0.5, 0.6) is 0 Å². The van der Waals surface area contributed by atoms with E-state index in [-0.39, 0.29) is 0 Å². The van der Waals surface area contributed by atoms with Crippen molar-refractivity contribution in [2.24, 2.45) is 7.05 Å². The fourth-order valence-electron chi connectivity index (χ4n) is 2.03. The molecule has 1 atom stereocenters. The van der Waals surface area contributed by atoms with Crippen LogP contribution >= 0.6 is 22.9 Å². The lowest BCUT2D eigenvalue weighted by Crippen LogP contribution is -2.17. The highest BCUT2D eigenvalue weighted by Gasteiger charge is 2.16. The molecule has 0 bridgehead atoms. The number of aromatic nitrogens is 2. The average Bonchev–Trinajstić information content (AvgIpc) is 2.90. The van der Waals surface area contributed by atoms with E-state index in [2.05, 4.69) is 28.8 Å². The second-order valence-electron chi connectivity index (χ2n) is 4.42. The Morgan fingerprint density at radius 1 is 1.56 bits per heavy atom. The molecule has 3 nitrogen and oxygen atoms in total. The highest BCUT2D eigenvalue weighted by molar-refractivity contribution is 7.10. The zero-order valence-corrected chi connectivity index (χ0v) is 12.5. The van der Waals surface area contributed by atoms with Crippen molar-refractivity contribution in [3.63, 3.8) is 0 Å². The van der Waals surface area contributed by atoms with Gasteiger partial charge in [-0.25, -0.2) is 0 Å². The Hall–Kier alpha value is -0.840. The van der Waals surface area contributed by atoms with Crippen LogP contribution in [0.4, 0.5) is 0 Å². The minimum atomic E-state index is 0.311. The van der Waals surface area contributed by atoms with Gasteiger partial charge in [-0.1, -0.05) is 11.6 Å². The molecule has 2 aromatic rings. The fourth-order valence-corrected chi connectivity index (χ4v) is 3.50. The monoisotopic (exact) mass is 283 g/mol. The normalized spacial score (nSPS) is 12.9. The average molecular weight is 284 g/mol. The van der Waals surface area contributed by atoms with Crippen LogP contribution in [0.2, 0.25) is 5.02 Å². The number of aryl methyl sites for hydroxylation is 3. The van der Waals surface area contributed by atoms with E-state index < -0.39 is 0 Å². The lowest BCUT2D eigenvalue weighted by atomic mass is 10.1. The molecule has 2 heterocycles. The SMILES string of the molecule is CNC(CCc1ccnn1C)c1scc(C)c1Cl. The summed E-state index contributed by atoms with van der Waals surface area (Å²) in [5.74, 6) is 0. The molecule has 1 unspecified atom stereocenters. The van der Waals surface area contributed by atoms with E-state index >= 15 is 0 Å². The van der Waals surface area contributed by atoms with E-state index in [4.69, 9.17) is 11.6 Å². The Morgan fingerprint density at radius 2 is 2.33 bits per heavy atom. The van der Waals surface area contributed by atoms with Crippen LogP contribution in [0.1, 0.15) is 28.6 Å². The van der Waals surface area contributed by atoms with E-state index in [9.17, 15) is 0 Å². The third kappa shape index (κ3) is 2.76. The van der Waals surface area contributed by atoms with Gasteiger partial charge in [-0.3, -0.25) is 4.68 Å². The van der Waals surface area contributed by atoms with Gasteiger partial charge in [-0.15, -0.1) is 11.3 Å². The molecule has 18 heavy (non-hydrogen) atoms. The number of rotatable bonds is 5. The second-order valence-corrected chi connectivity index (χ2v) is 5.71. The van der Waals surface area contributed by atoms with Crippen LogP contribution in [0.15, 0.2) is 17.6 Å². The second kappa shape index (κ2) is 5.87. The van der Waals surface area contributed by atoms with E-state index in [1.54, 1.807) is 11.3 Å². The molecule has 0 aliphatic rings. The molecular weight excluding hydrogens is 266 g/mol. The van der Waals surface area contributed by atoms with Crippen LogP contribution in [-0.4, -0.2) is 16.8 Å². The van der Waals surface area contributed by atoms with E-state index in [0.717, 1.165) is 23.4 Å². The molecule has 0 fully saturated rings. The summed E-state index contributed by atoms with van der Waals surface area (Å²) in [6.07, 6.45) is 3.86. The van der Waals surface area contributed by atoms with E-state index in [1.165, 1.54) is 10.6 Å². The highest BCUT2D eigenvalue weighted by atomic mass is 35.5. The molecule has 0 amide bonds. The van der Waals surface area contributed by atoms with Crippen molar-refractivity contribution >= 4 is 22.9 Å². The minimum Gasteiger partial charge on any atom is -0.312 e. The van der Waals surface area contributed by atoms with Crippen LogP contribution < -0.4 is 5.32 Å². The third-order valence-corrected chi connectivity index (χ3v) is 5.03. The Labute approximate surface area is 117 Å². The Kier molecular flexibility index (Phi) is 4.43. The summed E-state index contributed by atoms with van der Waals surface area (Å²) in [6, 6.07) is 2.37. The summed E-state index contributed by atoms with van der Waals surface area (Å²) in [4.78, 5) is 1.24. The molecule has 0 aliphatic heterocycles. The lowest BCUT2D eigenvalue weighted by molar-refractivity contribution is 0.543. The van der Waals surface area contributed by atoms with Gasteiger partial charge in [0.05, 0.1) is 5.02 Å². The summed E-state index contributed by atoms with van der Waals surface area (Å²) in [6.45, 7) is 2.05. The van der Waals surface area contributed by atoms with Crippen LogP contribution in [0.25, 0.3) is 0 Å². The number of hydrogen-bond donors (Lipinski definition) is 1. The van der Waals surface area contributed by atoms with Crippen molar-refractivity contribution in [1.29, 1.82) is 0 Å². The summed E-state index contributed by atoms with van der Waals surface area (Å²) in [5.41, 5.74) is 2.41. The van der Waals surface area contributed by atoms with Gasteiger partial charge in [-0.05, 0) is 43.8 Å². The molecule has 5 heteroatoms. The first kappa shape index (κ1) is 13.6. The predicted octanol–water partition coefficient (Wildman–Crippen LogP) is 3.34. The number of thiophene rings is 1. The molecule has 1 N–H and O–H groups in total. The lowest BCUT2D eigenvalue weighted by Gasteiger charge is -2.15. The summed E-state index contributed by atoms with van der Waals surface area (Å²) in [5, 5.41) is 10.6. The fraction of sp³-hybridized carbons (Fsp3) is 0.462. The molecule has 2 aromatic heterocycles. The Morgan fingerprint density at radius 3 is 2.83 bits per heavy atom. The quantitative estimate of drug-likeness (QED) is 0.912. The van der Waals surface area contributed by atoms with Crippen molar-refractivity contribution in [1.82, 2.24) is 15.1 Å². The first-order valence-electron chi connectivity index (χ1n) is 6.01. The number of halogens is 1. The van der Waals surface area contributed by atoms with Crippen molar-refractivity contribution in [3.05, 3.63) is 38.8 Å². The zero-order valence-electron chi connectivity index (χ0n) is 10.9. The summed E-state index contributed by atoms with van der Waals surface area (Å²) in [7, 11) is 3.96. The smallest absolute Gasteiger partial charge is 0.0590 e. The molecule has 0 spiro atoms. The van der Waals surface area contributed by atoms with Crippen LogP contribution in [0.3, 0.4) is 0 Å². The van der Waals surface area contributed by atoms with Gasteiger partial charge in [0.1, 0.15) is 0 Å². The standard InChI is InChI=1S/C13H18ClN3S/c1-9-8-18-13(12(9)14)11(15-2)5-4-10-6-7-16-17(10)3/h6-8,11,15H,4-5H2,1-3H3. The summed E-state index contributed by atoms with van der Waals surface area (Å²) >= 11 is 8.06. The first-order chi connectivity index (χ1) is 8.63. The van der Waals surface area contributed by atoms with Gasteiger partial charge in [0.15, 0.2) is 0 Å². The van der Waals surface area contributed by atoms with Gasteiger partial charge in [0.25, 0.3) is 0 Å². The zero-order chi connectivity index (χ0) is 13.1. The summed E-state index contributed by atoms with van der Waals surface area (Å²) < 4.78 is 1.92. The van der Waals surface area contributed by atoms with Crippen molar-refractivity contribution < 1.29 is 0 Å². The maximum atomic E-state index is 6.33. The van der Waals surface area contributed by atoms with Crippen molar-refractivity contribution in [2.45, 2.75) is 25.8 Å². The number of nitrogens with zero attached hydrogens (tertiary/aromatic N) is 2. The Bertz CT molecular complexity index is 518. The maximum absolute atomic E-state index is 6.33. The molecule has 2 rings (SSSR count). The third-order valence-electron chi connectivity index (χ3n) is 3.20. The van der Waals surface area contributed by atoms with Gasteiger partial charge in [0, 0.05) is 29.9 Å². The van der Waals surface area contributed by atoms with Crippen LogP contribution in [0, 0.1) is 6.92 Å². The largest absolute Gasteiger partial charge is 0.312 e. The molecule has 98 valence electrons. The number of hydrogen-bond acceptors (Lipinski definition) is 3. The molecule has 0 aromatic carbocycles. The minimum absolute atomic E-state index is 0.311. The molecule has 0 saturated carbocycles. The van der Waals surface area contributed by atoms with E-state index in [1.807, 2.05) is 25.0 Å². The van der Waals surface area contributed by atoms with Crippen molar-refractivity contribution in [3.8, 4) is 0 Å². The Balaban J connectivity index is 2.06. The first-order valence-corrected chi connectivity index (χ1v) is 7.27. The molecule has 0 aliphatic carbocycles. The van der Waals surface area contributed by atoms with Crippen molar-refractivity contribution in [2.75, 3.05) is 7.05 Å². The van der Waals surface area contributed by atoms with Gasteiger partial charge in [-0.2, -0.15) is 5.10 Å². The molecule has 0 radical (unpaired) electrons. The topological polar surface area (TPSA) is 29.9 Å². The maximum Gasteiger partial charge on any atom is 0.0590 e. The van der Waals surface area contributed by atoms with E-state index in [0.29, 0.717) is 6.04 Å². The van der Waals surface area contributed by atoms with Gasteiger partial charge in [0.2, 0.25) is 0 Å². The van der Waals surface area contributed by atoms with Crippen LogP contribution in [-0.2, 0) is 13.5 Å². The van der Waals surface area contributed by atoms with Gasteiger partial charge >= 0.3 is 0 Å². The predicted molar refractivity (Wildman–Crippen MR) is 77.4 cm³/mol. The molecule has 0 saturated heterocycles. The van der Waals surface area contributed by atoms with Gasteiger partial charge < -0.3 is 5.32 Å². The number of nitrogens with one attached hydrogen (secondary N) is 1. The molecular formula is C13H18ClN3S.